The zero-order valence-electron chi connectivity index (χ0n) is 16.6. The van der Waals surface area contributed by atoms with Gasteiger partial charge in [0.1, 0.15) is 12.7 Å². The van der Waals surface area contributed by atoms with Gasteiger partial charge in [-0.1, -0.05) is 59.7 Å². The Labute approximate surface area is 196 Å². The van der Waals surface area contributed by atoms with Crippen molar-refractivity contribution in [2.45, 2.75) is 6.92 Å². The first-order valence-corrected chi connectivity index (χ1v) is 9.52. The summed E-state index contributed by atoms with van der Waals surface area (Å²) < 4.78 is 2.14. The van der Waals surface area contributed by atoms with E-state index >= 15 is 0 Å². The Morgan fingerprint density at radius 1 is 0.690 bits per heavy atom. The summed E-state index contributed by atoms with van der Waals surface area (Å²) in [7, 11) is 2.07. The van der Waals surface area contributed by atoms with Gasteiger partial charge in [0, 0.05) is 38.8 Å². The molecule has 4 aromatic carbocycles. The Bertz CT molecular complexity index is 1340. The molecule has 0 fully saturated rings. The third-order valence-electron chi connectivity index (χ3n) is 5.37. The molecule has 0 N–H and O–H groups in total. The first-order chi connectivity index (χ1) is 13.7. The van der Waals surface area contributed by atoms with Gasteiger partial charge in [-0.25, -0.2) is 4.57 Å². The second-order valence-corrected chi connectivity index (χ2v) is 7.29. The van der Waals surface area contributed by atoms with Crippen LogP contribution < -0.4 is 4.57 Å². The van der Waals surface area contributed by atoms with Gasteiger partial charge in [-0.05, 0) is 11.5 Å². The van der Waals surface area contributed by atoms with E-state index in [0.29, 0.717) is 0 Å². The van der Waals surface area contributed by atoms with E-state index in [1.54, 1.807) is 0 Å². The van der Waals surface area contributed by atoms with Crippen LogP contribution in [-0.2, 0) is 39.8 Å². The molecule has 0 unspecified atom stereocenters. The van der Waals surface area contributed by atoms with Gasteiger partial charge in [-0.2, -0.15) is 35.4 Å². The number of aryl methyl sites for hydroxylation is 2. The molecule has 0 atom stereocenters. The second kappa shape index (κ2) is 8.18. The molecule has 29 heavy (non-hydrogen) atoms. The molecule has 1 nitrogen and oxygen atoms in total. The molecule has 0 bridgehead atoms. The van der Waals surface area contributed by atoms with Gasteiger partial charge in [0.15, 0.2) is 6.20 Å². The van der Waals surface area contributed by atoms with Crippen LogP contribution >= 0.6 is 0 Å². The van der Waals surface area contributed by atoms with Crippen LogP contribution in [-0.4, -0.2) is 0 Å². The largest absolute Gasteiger partial charge is 0.234 e. The fraction of sp³-hybridized carbons (Fsp3) is 0.0741. The van der Waals surface area contributed by atoms with E-state index in [-0.39, 0.29) is 32.7 Å². The second-order valence-electron chi connectivity index (χ2n) is 7.29. The van der Waals surface area contributed by atoms with Crippen LogP contribution in [0, 0.1) is 19.1 Å². The number of hydrogen-bond donors (Lipinski definition) is 0. The fourth-order valence-corrected chi connectivity index (χ4v) is 3.79. The number of pyridine rings is 1. The zero-order valence-corrected chi connectivity index (χ0v) is 19.4. The number of benzene rings is 4. The summed E-state index contributed by atoms with van der Waals surface area (Å²) in [5.74, 6) is 0. The van der Waals surface area contributed by atoms with Crippen LogP contribution in [0.15, 0.2) is 85.1 Å². The molecule has 0 aliphatic rings. The van der Waals surface area contributed by atoms with E-state index in [4.69, 9.17) is 0 Å². The van der Waals surface area contributed by atoms with Crippen LogP contribution in [0.2, 0.25) is 0 Å². The quantitative estimate of drug-likeness (QED) is 0.176. The van der Waals surface area contributed by atoms with E-state index in [0.717, 1.165) is 27.8 Å². The molecule has 1 aromatic heterocycles. The van der Waals surface area contributed by atoms with E-state index in [9.17, 15) is 0 Å². The van der Waals surface area contributed by atoms with Crippen molar-refractivity contribution >= 4 is 21.5 Å². The summed E-state index contributed by atoms with van der Waals surface area (Å²) in [5.41, 5.74) is 5.65. The van der Waals surface area contributed by atoms with Crippen molar-refractivity contribution in [3.63, 3.8) is 0 Å². The average molecular weight is 447 g/mol. The predicted molar refractivity (Wildman–Crippen MR) is 116 cm³/mol. The molecule has 1 radical (unpaired) electrons. The van der Waals surface area contributed by atoms with Crippen molar-refractivity contribution in [2.75, 3.05) is 0 Å². The maximum atomic E-state index is 3.64. The van der Waals surface area contributed by atoms with Crippen LogP contribution in [0.1, 0.15) is 5.56 Å². The summed E-state index contributed by atoms with van der Waals surface area (Å²) in [6.07, 6.45) is 2.07. The molecule has 2 heteroatoms. The molecule has 0 amide bonds. The monoisotopic (exact) mass is 447 g/mol. The number of aromatic nitrogens is 1. The number of rotatable bonds is 2. The Hall–Kier alpha value is -2.35. The summed E-state index contributed by atoms with van der Waals surface area (Å²) in [4.78, 5) is 0. The van der Waals surface area contributed by atoms with Crippen LogP contribution in [0.25, 0.3) is 43.9 Å². The molecular weight excluding hydrogens is 427 g/mol. The molecule has 0 saturated heterocycles. The smallest absolute Gasteiger partial charge is 0.161 e. The molecule has 0 aliphatic carbocycles. The van der Waals surface area contributed by atoms with Crippen LogP contribution in [0.4, 0.5) is 0 Å². The molecular formula is C27H20NY-. The molecule has 1 heterocycles. The maximum absolute atomic E-state index is 3.64. The predicted octanol–water partition coefficient (Wildman–Crippen LogP) is 6.06. The van der Waals surface area contributed by atoms with Gasteiger partial charge in [0.05, 0.1) is 0 Å². The molecule has 0 aliphatic heterocycles. The molecule has 5 rings (SSSR count). The standard InChI is InChI=1S/C27H20N.Y/c1-19-10-11-24(18-26(19)27-9-5-6-14-28(27)2)22-12-13-23-15-20-7-3-4-8-21(20)16-25(23)17-22;/h3-16H,1-2H3;/q-1;. The van der Waals surface area contributed by atoms with Crippen molar-refractivity contribution < 1.29 is 37.3 Å². The van der Waals surface area contributed by atoms with Gasteiger partial charge in [-0.3, -0.25) is 0 Å². The van der Waals surface area contributed by atoms with Gasteiger partial charge in [-0.15, -0.1) is 29.1 Å². The van der Waals surface area contributed by atoms with E-state index in [1.807, 2.05) is 6.07 Å². The van der Waals surface area contributed by atoms with E-state index < -0.39 is 0 Å². The molecule has 5 aromatic rings. The summed E-state index contributed by atoms with van der Waals surface area (Å²) in [5, 5.41) is 4.85. The van der Waals surface area contributed by atoms with Crippen LogP contribution in [0.3, 0.4) is 0 Å². The van der Waals surface area contributed by atoms with E-state index in [2.05, 4.69) is 110 Å². The number of fused-ring (bicyclic) bond motifs is 2. The van der Waals surface area contributed by atoms with Crippen LogP contribution in [0.5, 0.6) is 0 Å². The average Bonchev–Trinajstić information content (AvgIpc) is 2.73. The minimum Gasteiger partial charge on any atom is -0.234 e. The Morgan fingerprint density at radius 2 is 1.38 bits per heavy atom. The van der Waals surface area contributed by atoms with Gasteiger partial charge in [0.25, 0.3) is 0 Å². The number of nitrogens with zero attached hydrogens (tertiary/aromatic N) is 1. The summed E-state index contributed by atoms with van der Waals surface area (Å²) in [6.45, 7) is 2.14. The minimum absolute atomic E-state index is 0. The van der Waals surface area contributed by atoms with E-state index in [1.165, 1.54) is 21.7 Å². The van der Waals surface area contributed by atoms with Gasteiger partial charge >= 0.3 is 0 Å². The van der Waals surface area contributed by atoms with Crippen molar-refractivity contribution in [1.29, 1.82) is 0 Å². The van der Waals surface area contributed by atoms with Gasteiger partial charge in [0.2, 0.25) is 0 Å². The van der Waals surface area contributed by atoms with Crippen molar-refractivity contribution in [1.82, 2.24) is 0 Å². The van der Waals surface area contributed by atoms with Crippen molar-refractivity contribution in [2.24, 2.45) is 7.05 Å². The summed E-state index contributed by atoms with van der Waals surface area (Å²) in [6, 6.07) is 35.1. The molecule has 137 valence electrons. The third-order valence-corrected chi connectivity index (χ3v) is 5.37. The Morgan fingerprint density at radius 3 is 2.17 bits per heavy atom. The normalized spacial score (nSPS) is 10.8. The third kappa shape index (κ3) is 3.78. The maximum Gasteiger partial charge on any atom is 0.161 e. The zero-order chi connectivity index (χ0) is 19.1. The number of hydrogen-bond acceptors (Lipinski definition) is 0. The van der Waals surface area contributed by atoms with Crippen molar-refractivity contribution in [3.05, 3.63) is 103 Å². The SMILES string of the molecule is Cc1ccc(-c2[c-]c3cc4ccccc4cc3cc2)[c-]c1-c1cccc[n+]1C.[Y]. The first-order valence-electron chi connectivity index (χ1n) is 9.52. The Kier molecular flexibility index (Phi) is 5.63. The molecule has 0 saturated carbocycles. The fourth-order valence-electron chi connectivity index (χ4n) is 3.79. The minimum atomic E-state index is 0. The Balaban J connectivity index is 0.00000205. The first kappa shape index (κ1) is 19.9. The van der Waals surface area contributed by atoms with Crippen molar-refractivity contribution in [3.8, 4) is 22.4 Å². The topological polar surface area (TPSA) is 3.88 Å². The van der Waals surface area contributed by atoms with Gasteiger partial charge < -0.3 is 0 Å². The molecule has 0 spiro atoms. The summed E-state index contributed by atoms with van der Waals surface area (Å²) >= 11 is 0.